The van der Waals surface area contributed by atoms with Crippen LogP contribution in [0.5, 0.6) is 0 Å². The average molecular weight is 326 g/mol. The molecule has 7 heteroatoms. The molecule has 1 aromatic carbocycles. The molecule has 1 aromatic rings. The first-order valence-electron chi connectivity index (χ1n) is 6.82. The van der Waals surface area contributed by atoms with Crippen molar-refractivity contribution in [1.29, 1.82) is 0 Å². The normalized spacial score (nSPS) is 10.3. The molecule has 3 amide bonds. The van der Waals surface area contributed by atoms with Gasteiger partial charge in [-0.2, -0.15) is 0 Å². The van der Waals surface area contributed by atoms with E-state index in [-0.39, 0.29) is 18.5 Å². The molecular weight excluding hydrogens is 306 g/mol. The van der Waals surface area contributed by atoms with E-state index in [0.717, 1.165) is 10.5 Å². The van der Waals surface area contributed by atoms with Gasteiger partial charge < -0.3 is 15.5 Å². The zero-order valence-corrected chi connectivity index (χ0v) is 13.8. The summed E-state index contributed by atoms with van der Waals surface area (Å²) in [6.45, 7) is 5.23. The minimum absolute atomic E-state index is 0.0288. The highest BCUT2D eigenvalue weighted by Gasteiger charge is 2.21. The minimum atomic E-state index is -0.815. The average Bonchev–Trinajstić information content (AvgIpc) is 2.40. The van der Waals surface area contributed by atoms with E-state index in [9.17, 15) is 14.4 Å². The third-order valence-corrected chi connectivity index (χ3v) is 3.05. The van der Waals surface area contributed by atoms with Crippen LogP contribution in [-0.2, 0) is 14.4 Å². The molecule has 0 saturated heterocycles. The summed E-state index contributed by atoms with van der Waals surface area (Å²) in [6, 6.07) is 4.96. The molecule has 0 radical (unpaired) electrons. The fourth-order valence-electron chi connectivity index (χ4n) is 1.73. The summed E-state index contributed by atoms with van der Waals surface area (Å²) < 4.78 is 0. The molecule has 0 aromatic heterocycles. The van der Waals surface area contributed by atoms with Gasteiger partial charge in [0.05, 0.1) is 6.54 Å². The maximum Gasteiger partial charge on any atom is 0.313 e. The molecule has 0 saturated carbocycles. The lowest BCUT2D eigenvalue weighted by atomic mass is 10.2. The lowest BCUT2D eigenvalue weighted by Gasteiger charge is -2.17. The lowest BCUT2D eigenvalue weighted by molar-refractivity contribution is -0.143. The lowest BCUT2D eigenvalue weighted by Crippen LogP contribution is -2.44. The molecule has 0 atom stereocenters. The van der Waals surface area contributed by atoms with E-state index in [1.54, 1.807) is 25.1 Å². The number of halogens is 1. The van der Waals surface area contributed by atoms with E-state index in [2.05, 4.69) is 10.6 Å². The number of hydrogen-bond acceptors (Lipinski definition) is 3. The number of carbonyl (C=O) groups excluding carboxylic acids is 3. The van der Waals surface area contributed by atoms with Gasteiger partial charge in [0, 0.05) is 23.8 Å². The second kappa shape index (κ2) is 7.79. The van der Waals surface area contributed by atoms with Crippen molar-refractivity contribution in [3.8, 4) is 0 Å². The summed E-state index contributed by atoms with van der Waals surface area (Å²) in [6.07, 6.45) is 0. The number of carbonyl (C=O) groups is 3. The molecular formula is C15H20ClN3O3. The van der Waals surface area contributed by atoms with E-state index in [4.69, 9.17) is 11.6 Å². The number of benzene rings is 1. The highest BCUT2D eigenvalue weighted by molar-refractivity contribution is 6.40. The Bertz CT molecular complexity index is 587. The maximum absolute atomic E-state index is 12.0. The van der Waals surface area contributed by atoms with Crippen LogP contribution in [0.3, 0.4) is 0 Å². The van der Waals surface area contributed by atoms with Crippen molar-refractivity contribution in [1.82, 2.24) is 10.2 Å². The molecule has 1 rings (SSSR count). The predicted octanol–water partition coefficient (Wildman–Crippen LogP) is 1.57. The first kappa shape index (κ1) is 18.0. The quantitative estimate of drug-likeness (QED) is 0.825. The van der Waals surface area contributed by atoms with E-state index in [0.29, 0.717) is 10.7 Å². The molecule has 0 unspecified atom stereocenters. The zero-order valence-electron chi connectivity index (χ0n) is 13.1. The molecule has 0 heterocycles. The highest BCUT2D eigenvalue weighted by Crippen LogP contribution is 2.20. The third kappa shape index (κ3) is 5.37. The Balaban J connectivity index is 2.66. The summed E-state index contributed by atoms with van der Waals surface area (Å²) in [5, 5.41) is 5.61. The van der Waals surface area contributed by atoms with E-state index < -0.39 is 11.8 Å². The van der Waals surface area contributed by atoms with Gasteiger partial charge in [-0.3, -0.25) is 14.4 Å². The monoisotopic (exact) mass is 325 g/mol. The van der Waals surface area contributed by atoms with Gasteiger partial charge in [-0.15, -0.1) is 0 Å². The van der Waals surface area contributed by atoms with Crippen LogP contribution in [-0.4, -0.2) is 42.3 Å². The Labute approximate surface area is 134 Å². The summed E-state index contributed by atoms with van der Waals surface area (Å²) >= 11 is 5.86. The van der Waals surface area contributed by atoms with Crippen molar-refractivity contribution in [2.75, 3.05) is 18.9 Å². The van der Waals surface area contributed by atoms with Gasteiger partial charge in [0.15, 0.2) is 0 Å². The predicted molar refractivity (Wildman–Crippen MR) is 85.7 cm³/mol. The zero-order chi connectivity index (χ0) is 16.9. The maximum atomic E-state index is 12.0. The number of amides is 3. The van der Waals surface area contributed by atoms with Gasteiger partial charge in [0.1, 0.15) is 0 Å². The highest BCUT2D eigenvalue weighted by atomic mass is 35.5. The van der Waals surface area contributed by atoms with Crippen LogP contribution >= 0.6 is 11.6 Å². The van der Waals surface area contributed by atoms with Gasteiger partial charge in [-0.25, -0.2) is 0 Å². The van der Waals surface area contributed by atoms with Gasteiger partial charge in [-0.1, -0.05) is 17.7 Å². The third-order valence-electron chi connectivity index (χ3n) is 2.82. The Morgan fingerprint density at radius 1 is 1.27 bits per heavy atom. The van der Waals surface area contributed by atoms with E-state index in [1.165, 1.54) is 7.05 Å². The van der Waals surface area contributed by atoms with Crippen molar-refractivity contribution in [2.45, 2.75) is 26.8 Å². The van der Waals surface area contributed by atoms with Gasteiger partial charge in [0.2, 0.25) is 5.91 Å². The summed E-state index contributed by atoms with van der Waals surface area (Å²) in [7, 11) is 1.40. The first-order valence-corrected chi connectivity index (χ1v) is 7.20. The van der Waals surface area contributed by atoms with Crippen molar-refractivity contribution in [3.63, 3.8) is 0 Å². The van der Waals surface area contributed by atoms with Crippen molar-refractivity contribution < 1.29 is 14.4 Å². The standard InChI is InChI=1S/C15H20ClN3O3/c1-9(2)17-13(20)8-19(4)15(22)14(21)18-12-7-11(16)6-5-10(12)3/h5-7,9H,8H2,1-4H3,(H,17,20)(H,18,21). The molecule has 6 nitrogen and oxygen atoms in total. The van der Waals surface area contributed by atoms with Crippen LogP contribution in [0, 0.1) is 6.92 Å². The van der Waals surface area contributed by atoms with Crippen LogP contribution in [0.15, 0.2) is 18.2 Å². The number of anilines is 1. The molecule has 0 bridgehead atoms. The molecule has 0 aliphatic rings. The Morgan fingerprint density at radius 2 is 1.91 bits per heavy atom. The van der Waals surface area contributed by atoms with Crippen LogP contribution < -0.4 is 10.6 Å². The first-order chi connectivity index (χ1) is 10.2. The van der Waals surface area contributed by atoms with Crippen LogP contribution in [0.25, 0.3) is 0 Å². The largest absolute Gasteiger partial charge is 0.352 e. The second-order valence-electron chi connectivity index (χ2n) is 5.30. The smallest absolute Gasteiger partial charge is 0.313 e. The molecule has 2 N–H and O–H groups in total. The van der Waals surface area contributed by atoms with Crippen molar-refractivity contribution in [2.24, 2.45) is 0 Å². The van der Waals surface area contributed by atoms with Crippen LogP contribution in [0.4, 0.5) is 5.69 Å². The van der Waals surface area contributed by atoms with Gasteiger partial charge >= 0.3 is 11.8 Å². The number of nitrogens with one attached hydrogen (secondary N) is 2. The Morgan fingerprint density at radius 3 is 2.50 bits per heavy atom. The van der Waals surface area contributed by atoms with Crippen LogP contribution in [0.2, 0.25) is 5.02 Å². The fraction of sp³-hybridized carbons (Fsp3) is 0.400. The second-order valence-corrected chi connectivity index (χ2v) is 5.73. The molecule has 0 aliphatic heterocycles. The fourth-order valence-corrected chi connectivity index (χ4v) is 1.90. The number of aryl methyl sites for hydroxylation is 1. The molecule has 0 aliphatic carbocycles. The van der Waals surface area contributed by atoms with Gasteiger partial charge in [0.25, 0.3) is 0 Å². The number of nitrogens with zero attached hydrogens (tertiary/aromatic N) is 1. The topological polar surface area (TPSA) is 78.5 Å². The summed E-state index contributed by atoms with van der Waals surface area (Å²) in [5.74, 6) is -1.93. The minimum Gasteiger partial charge on any atom is -0.352 e. The SMILES string of the molecule is Cc1ccc(Cl)cc1NC(=O)C(=O)N(C)CC(=O)NC(C)C. The van der Waals surface area contributed by atoms with Crippen molar-refractivity contribution >= 4 is 35.0 Å². The Hall–Kier alpha value is -2.08. The van der Waals surface area contributed by atoms with E-state index >= 15 is 0 Å². The number of rotatable bonds is 4. The Kier molecular flexibility index (Phi) is 6.37. The molecule has 22 heavy (non-hydrogen) atoms. The van der Waals surface area contributed by atoms with E-state index in [1.807, 2.05) is 13.8 Å². The van der Waals surface area contributed by atoms with Crippen molar-refractivity contribution in [3.05, 3.63) is 28.8 Å². The van der Waals surface area contributed by atoms with Gasteiger partial charge in [-0.05, 0) is 38.5 Å². The molecule has 0 fully saturated rings. The number of likely N-dealkylation sites (N-methyl/N-ethyl adjacent to an activating group) is 1. The molecule has 0 spiro atoms. The molecule has 120 valence electrons. The van der Waals surface area contributed by atoms with Crippen LogP contribution in [0.1, 0.15) is 19.4 Å². The number of hydrogen-bond donors (Lipinski definition) is 2. The summed E-state index contributed by atoms with van der Waals surface area (Å²) in [4.78, 5) is 36.6. The summed E-state index contributed by atoms with van der Waals surface area (Å²) in [5.41, 5.74) is 1.25.